The fraction of sp³-hybridized carbons (Fsp3) is 0.346. The van der Waals surface area contributed by atoms with E-state index in [4.69, 9.17) is 9.15 Å². The SMILES string of the molecule is COc1cc([C@H](CC(=O)NCCC(=O)NCc2cc(=O)n(C)c(=O)n2C)c2oc(C)cc(=O)c2O)ccc1O. The number of hydrogen-bond acceptors (Lipinski definition) is 9. The van der Waals surface area contributed by atoms with Crippen molar-refractivity contribution in [2.24, 2.45) is 14.1 Å². The predicted octanol–water partition coefficient (Wildman–Crippen LogP) is 0.110. The van der Waals surface area contributed by atoms with Crippen molar-refractivity contribution < 1.29 is 29.0 Å². The van der Waals surface area contributed by atoms with Gasteiger partial charge < -0.3 is 30.0 Å². The number of carbonyl (C=O) groups is 2. The van der Waals surface area contributed by atoms with Crippen LogP contribution in [-0.2, 0) is 30.2 Å². The van der Waals surface area contributed by atoms with E-state index < -0.39 is 40.2 Å². The van der Waals surface area contributed by atoms with Gasteiger partial charge in [0.15, 0.2) is 17.3 Å². The van der Waals surface area contributed by atoms with Crippen molar-refractivity contribution in [1.82, 2.24) is 19.8 Å². The van der Waals surface area contributed by atoms with Gasteiger partial charge in [-0.05, 0) is 24.6 Å². The minimum Gasteiger partial charge on any atom is -0.504 e. The summed E-state index contributed by atoms with van der Waals surface area (Å²) in [7, 11) is 4.19. The first-order valence-corrected chi connectivity index (χ1v) is 11.9. The van der Waals surface area contributed by atoms with Gasteiger partial charge in [-0.15, -0.1) is 0 Å². The number of rotatable bonds is 10. The topological polar surface area (TPSA) is 182 Å². The molecule has 39 heavy (non-hydrogen) atoms. The third-order valence-corrected chi connectivity index (χ3v) is 6.15. The van der Waals surface area contributed by atoms with Crippen LogP contribution in [0.15, 0.2) is 49.1 Å². The number of methoxy groups -OCH3 is 1. The number of benzene rings is 1. The number of aromatic hydroxyl groups is 2. The lowest BCUT2D eigenvalue weighted by atomic mass is 9.91. The van der Waals surface area contributed by atoms with Crippen LogP contribution in [0.2, 0.25) is 0 Å². The number of nitrogens with zero attached hydrogens (tertiary/aromatic N) is 2. The summed E-state index contributed by atoms with van der Waals surface area (Å²) in [5, 5.41) is 25.6. The minimum absolute atomic E-state index is 0.0322. The first-order chi connectivity index (χ1) is 18.4. The molecule has 0 radical (unpaired) electrons. The lowest BCUT2D eigenvalue weighted by Gasteiger charge is -2.19. The highest BCUT2D eigenvalue weighted by Crippen LogP contribution is 2.37. The molecule has 2 amide bonds. The Labute approximate surface area is 222 Å². The summed E-state index contributed by atoms with van der Waals surface area (Å²) in [5.74, 6) is -2.39. The van der Waals surface area contributed by atoms with E-state index in [1.165, 1.54) is 57.0 Å². The second kappa shape index (κ2) is 12.2. The summed E-state index contributed by atoms with van der Waals surface area (Å²) in [5.41, 5.74) is -0.926. The second-order valence-electron chi connectivity index (χ2n) is 8.87. The molecule has 0 aliphatic carbocycles. The minimum atomic E-state index is -0.914. The molecule has 1 atom stereocenters. The Kier molecular flexibility index (Phi) is 8.96. The van der Waals surface area contributed by atoms with Crippen molar-refractivity contribution in [3.05, 3.63) is 84.2 Å². The summed E-state index contributed by atoms with van der Waals surface area (Å²) in [6.45, 7) is 1.45. The van der Waals surface area contributed by atoms with Gasteiger partial charge in [-0.1, -0.05) is 6.07 Å². The van der Waals surface area contributed by atoms with Gasteiger partial charge in [-0.25, -0.2) is 4.79 Å². The van der Waals surface area contributed by atoms with Crippen LogP contribution < -0.4 is 32.0 Å². The Morgan fingerprint density at radius 2 is 1.74 bits per heavy atom. The Morgan fingerprint density at radius 1 is 1.03 bits per heavy atom. The average molecular weight is 543 g/mol. The molecule has 0 aliphatic heterocycles. The van der Waals surface area contributed by atoms with Crippen molar-refractivity contribution in [1.29, 1.82) is 0 Å². The number of amides is 2. The van der Waals surface area contributed by atoms with Crippen LogP contribution in [0.4, 0.5) is 0 Å². The number of phenolic OH excluding ortho intramolecular Hbond substituents is 1. The first kappa shape index (κ1) is 28.8. The second-order valence-corrected chi connectivity index (χ2v) is 8.87. The fourth-order valence-corrected chi connectivity index (χ4v) is 3.93. The molecule has 13 heteroatoms. The van der Waals surface area contributed by atoms with E-state index in [0.717, 1.165) is 10.6 Å². The third-order valence-electron chi connectivity index (χ3n) is 6.15. The Bertz CT molecular complexity index is 1570. The van der Waals surface area contributed by atoms with E-state index in [9.17, 15) is 34.2 Å². The zero-order valence-corrected chi connectivity index (χ0v) is 21.9. The van der Waals surface area contributed by atoms with Crippen LogP contribution in [0.3, 0.4) is 0 Å². The molecule has 4 N–H and O–H groups in total. The van der Waals surface area contributed by atoms with Crippen molar-refractivity contribution in [3.8, 4) is 17.2 Å². The van der Waals surface area contributed by atoms with E-state index in [-0.39, 0.29) is 49.0 Å². The monoisotopic (exact) mass is 542 g/mol. The van der Waals surface area contributed by atoms with E-state index in [0.29, 0.717) is 11.3 Å². The van der Waals surface area contributed by atoms with Gasteiger partial charge in [0.1, 0.15) is 5.76 Å². The van der Waals surface area contributed by atoms with Crippen LogP contribution in [0, 0.1) is 6.92 Å². The lowest BCUT2D eigenvalue weighted by Crippen LogP contribution is -2.39. The van der Waals surface area contributed by atoms with Gasteiger partial charge in [-0.3, -0.25) is 28.3 Å². The third kappa shape index (κ3) is 6.74. The maximum Gasteiger partial charge on any atom is 0.330 e. The van der Waals surface area contributed by atoms with Crippen molar-refractivity contribution in [3.63, 3.8) is 0 Å². The molecule has 13 nitrogen and oxygen atoms in total. The number of aromatic nitrogens is 2. The van der Waals surface area contributed by atoms with Crippen LogP contribution in [0.1, 0.15) is 41.5 Å². The molecule has 208 valence electrons. The fourth-order valence-electron chi connectivity index (χ4n) is 3.93. The van der Waals surface area contributed by atoms with Crippen LogP contribution >= 0.6 is 0 Å². The molecule has 2 heterocycles. The molecule has 3 rings (SSSR count). The molecule has 0 spiro atoms. The van der Waals surface area contributed by atoms with Gasteiger partial charge in [0.2, 0.25) is 23.0 Å². The molecule has 2 aromatic heterocycles. The molecule has 0 saturated carbocycles. The van der Waals surface area contributed by atoms with E-state index in [1.54, 1.807) is 0 Å². The number of carbonyl (C=O) groups excluding carboxylic acids is 2. The molecule has 0 fully saturated rings. The van der Waals surface area contributed by atoms with E-state index in [1.807, 2.05) is 0 Å². The molecule has 0 unspecified atom stereocenters. The van der Waals surface area contributed by atoms with Crippen LogP contribution in [0.5, 0.6) is 17.2 Å². The number of phenols is 1. The van der Waals surface area contributed by atoms with Crippen LogP contribution in [-0.4, -0.2) is 44.8 Å². The summed E-state index contributed by atoms with van der Waals surface area (Å²) < 4.78 is 13.0. The quantitative estimate of drug-likeness (QED) is 0.276. The number of hydrogen-bond donors (Lipinski definition) is 4. The highest BCUT2D eigenvalue weighted by molar-refractivity contribution is 5.79. The number of nitrogens with one attached hydrogen (secondary N) is 2. The normalized spacial score (nSPS) is 11.6. The van der Waals surface area contributed by atoms with E-state index >= 15 is 0 Å². The summed E-state index contributed by atoms with van der Waals surface area (Å²) in [4.78, 5) is 61.1. The maximum atomic E-state index is 12.8. The number of ether oxygens (including phenoxy) is 1. The van der Waals surface area contributed by atoms with Gasteiger partial charge in [0.05, 0.1) is 19.6 Å². The van der Waals surface area contributed by atoms with Crippen molar-refractivity contribution >= 4 is 11.8 Å². The predicted molar refractivity (Wildman–Crippen MR) is 139 cm³/mol. The molecule has 0 bridgehead atoms. The highest BCUT2D eigenvalue weighted by atomic mass is 16.5. The van der Waals surface area contributed by atoms with Crippen molar-refractivity contribution in [2.75, 3.05) is 13.7 Å². The summed E-state index contributed by atoms with van der Waals surface area (Å²) >= 11 is 0. The van der Waals surface area contributed by atoms with Gasteiger partial charge >= 0.3 is 5.69 Å². The Morgan fingerprint density at radius 3 is 2.44 bits per heavy atom. The van der Waals surface area contributed by atoms with Gasteiger partial charge in [0.25, 0.3) is 5.56 Å². The molecule has 3 aromatic rings. The average Bonchev–Trinajstić information content (AvgIpc) is 2.90. The first-order valence-electron chi connectivity index (χ1n) is 11.9. The zero-order chi connectivity index (χ0) is 28.9. The van der Waals surface area contributed by atoms with Gasteiger partial charge in [-0.2, -0.15) is 0 Å². The lowest BCUT2D eigenvalue weighted by molar-refractivity contribution is -0.122. The largest absolute Gasteiger partial charge is 0.504 e. The Balaban J connectivity index is 1.68. The van der Waals surface area contributed by atoms with E-state index in [2.05, 4.69) is 10.6 Å². The molecule has 0 aliphatic rings. The zero-order valence-electron chi connectivity index (χ0n) is 21.9. The van der Waals surface area contributed by atoms with Crippen LogP contribution in [0.25, 0.3) is 0 Å². The Hall–Kier alpha value is -4.81. The standard InChI is InChI=1S/C26H30N4O9/c1-14-9-19(32)24(36)25(39-14)17(15-5-6-18(31)20(10-15)38-4)12-22(34)27-8-7-21(33)28-13-16-11-23(35)30(3)26(37)29(16)2/h5-6,9-11,17,31,36H,7-8,12-13H2,1-4H3,(H,27,34)(H,28,33)/t17-/m0/s1. The number of aryl methyl sites for hydroxylation is 1. The smallest absolute Gasteiger partial charge is 0.330 e. The maximum absolute atomic E-state index is 12.8. The molecule has 0 saturated heterocycles. The molecular weight excluding hydrogens is 512 g/mol. The molecule has 1 aromatic carbocycles. The molecular formula is C26H30N4O9. The van der Waals surface area contributed by atoms with Crippen molar-refractivity contribution in [2.45, 2.75) is 32.2 Å². The van der Waals surface area contributed by atoms with Gasteiger partial charge in [0, 0.05) is 51.3 Å². The summed E-state index contributed by atoms with van der Waals surface area (Å²) in [6.07, 6.45) is -0.349. The summed E-state index contributed by atoms with van der Waals surface area (Å²) in [6, 6.07) is 6.70. The highest BCUT2D eigenvalue weighted by Gasteiger charge is 2.26.